The molecular weight excluding hydrogens is 402 g/mol. The molecule has 2 aliphatic rings. The van der Waals surface area contributed by atoms with Gasteiger partial charge in [0.25, 0.3) is 5.92 Å². The normalized spacial score (nSPS) is 19.2. The number of hydrogen-bond donors (Lipinski definition) is 1. The molecule has 5 rings (SSSR count). The van der Waals surface area contributed by atoms with Crippen molar-refractivity contribution in [1.82, 2.24) is 24.5 Å². The van der Waals surface area contributed by atoms with Gasteiger partial charge in [-0.15, -0.1) is 0 Å². The van der Waals surface area contributed by atoms with E-state index in [2.05, 4.69) is 15.5 Å². The average molecular weight is 426 g/mol. The lowest BCUT2D eigenvalue weighted by molar-refractivity contribution is -0.129. The fourth-order valence-corrected chi connectivity index (χ4v) is 4.17. The molecule has 162 valence electrons. The third kappa shape index (κ3) is 3.80. The topological polar surface area (TPSA) is 68.0 Å². The summed E-state index contributed by atoms with van der Waals surface area (Å²) in [6, 6.07) is 7.89. The van der Waals surface area contributed by atoms with E-state index in [0.717, 1.165) is 28.1 Å². The maximum absolute atomic E-state index is 13.5. The molecule has 1 atom stereocenters. The van der Waals surface area contributed by atoms with Crippen LogP contribution in [-0.4, -0.2) is 42.8 Å². The summed E-state index contributed by atoms with van der Waals surface area (Å²) in [7, 11) is 1.87. The quantitative estimate of drug-likeness (QED) is 0.677. The number of halogens is 2. The Morgan fingerprint density at radius 2 is 2.13 bits per heavy atom. The lowest BCUT2D eigenvalue weighted by Gasteiger charge is -2.26. The van der Waals surface area contributed by atoms with Crippen LogP contribution in [-0.2, 0) is 31.4 Å². The van der Waals surface area contributed by atoms with Crippen LogP contribution in [0.2, 0.25) is 0 Å². The number of alkyl halides is 2. The Bertz CT molecular complexity index is 1150. The summed E-state index contributed by atoms with van der Waals surface area (Å²) in [5.74, 6) is -2.64. The highest BCUT2D eigenvalue weighted by Crippen LogP contribution is 2.49. The SMILES string of the molecule is CC(=O)N1CCc2c(c(Nc3cccc(-c4cnn(C)c4)c3)nn2CC2CC2(F)F)C1. The number of benzene rings is 1. The molecule has 3 heterocycles. The molecule has 0 radical (unpaired) electrons. The number of nitrogens with one attached hydrogen (secondary N) is 1. The predicted molar refractivity (Wildman–Crippen MR) is 112 cm³/mol. The van der Waals surface area contributed by atoms with Gasteiger partial charge in [0.05, 0.1) is 19.3 Å². The van der Waals surface area contributed by atoms with Gasteiger partial charge in [0.15, 0.2) is 5.82 Å². The third-order valence-corrected chi connectivity index (χ3v) is 6.09. The van der Waals surface area contributed by atoms with Crippen molar-refractivity contribution in [3.05, 3.63) is 47.9 Å². The van der Waals surface area contributed by atoms with E-state index in [1.165, 1.54) is 0 Å². The molecule has 1 aromatic carbocycles. The molecule has 31 heavy (non-hydrogen) atoms. The first-order chi connectivity index (χ1) is 14.8. The predicted octanol–water partition coefficient (Wildman–Crippen LogP) is 3.59. The van der Waals surface area contributed by atoms with Crippen molar-refractivity contribution in [2.75, 3.05) is 11.9 Å². The third-order valence-electron chi connectivity index (χ3n) is 6.09. The molecule has 0 spiro atoms. The Labute approximate surface area is 178 Å². The van der Waals surface area contributed by atoms with Crippen molar-refractivity contribution in [2.24, 2.45) is 13.0 Å². The molecule has 1 amide bonds. The Kier molecular flexibility index (Phi) is 4.56. The molecule has 1 unspecified atom stereocenters. The Morgan fingerprint density at radius 1 is 1.32 bits per heavy atom. The van der Waals surface area contributed by atoms with E-state index < -0.39 is 11.8 Å². The van der Waals surface area contributed by atoms with Crippen molar-refractivity contribution in [2.45, 2.75) is 38.8 Å². The maximum Gasteiger partial charge on any atom is 0.253 e. The molecule has 0 bridgehead atoms. The lowest BCUT2D eigenvalue weighted by Crippen LogP contribution is -2.34. The largest absolute Gasteiger partial charge is 0.338 e. The van der Waals surface area contributed by atoms with Crippen LogP contribution in [0, 0.1) is 5.92 Å². The monoisotopic (exact) mass is 426 g/mol. The number of amides is 1. The highest BCUT2D eigenvalue weighted by Gasteiger charge is 2.57. The molecule has 3 aromatic rings. The van der Waals surface area contributed by atoms with Crippen molar-refractivity contribution in [3.8, 4) is 11.1 Å². The van der Waals surface area contributed by atoms with Gasteiger partial charge in [0, 0.05) is 68.0 Å². The summed E-state index contributed by atoms with van der Waals surface area (Å²) in [6.45, 7) is 2.75. The fourth-order valence-electron chi connectivity index (χ4n) is 4.17. The molecule has 1 N–H and O–H groups in total. The molecule has 2 aromatic heterocycles. The number of carbonyl (C=O) groups excluding carboxylic acids is 1. The summed E-state index contributed by atoms with van der Waals surface area (Å²) < 4.78 is 30.5. The van der Waals surface area contributed by atoms with E-state index >= 15 is 0 Å². The standard InChI is InChI=1S/C22H24F2N6O/c1-14(31)29-7-6-20-19(13-29)21(27-30(20)12-17-9-22(17,23)24)26-18-5-3-4-15(8-18)16-10-25-28(2)11-16/h3-5,8,10-11,17H,6-7,9,12-13H2,1-2H3,(H,26,27). The first-order valence-corrected chi connectivity index (χ1v) is 10.4. The number of aromatic nitrogens is 4. The number of anilines is 2. The van der Waals surface area contributed by atoms with E-state index in [1.807, 2.05) is 37.5 Å². The van der Waals surface area contributed by atoms with Crippen LogP contribution < -0.4 is 5.32 Å². The van der Waals surface area contributed by atoms with Crippen LogP contribution in [0.15, 0.2) is 36.7 Å². The van der Waals surface area contributed by atoms with E-state index in [0.29, 0.717) is 25.3 Å². The minimum atomic E-state index is -2.59. The van der Waals surface area contributed by atoms with Crippen LogP contribution in [0.4, 0.5) is 20.3 Å². The van der Waals surface area contributed by atoms with Gasteiger partial charge in [-0.3, -0.25) is 14.2 Å². The van der Waals surface area contributed by atoms with E-state index in [-0.39, 0.29) is 18.9 Å². The number of aryl methyl sites for hydroxylation is 1. The smallest absolute Gasteiger partial charge is 0.253 e. The minimum Gasteiger partial charge on any atom is -0.338 e. The minimum absolute atomic E-state index is 0.00310. The number of carbonyl (C=O) groups is 1. The van der Waals surface area contributed by atoms with Gasteiger partial charge in [0.1, 0.15) is 0 Å². The Morgan fingerprint density at radius 3 is 2.81 bits per heavy atom. The van der Waals surface area contributed by atoms with E-state index in [9.17, 15) is 13.6 Å². The summed E-state index contributed by atoms with van der Waals surface area (Å²) in [5.41, 5.74) is 4.68. The van der Waals surface area contributed by atoms with Crippen LogP contribution in [0.5, 0.6) is 0 Å². The van der Waals surface area contributed by atoms with Crippen molar-refractivity contribution >= 4 is 17.4 Å². The van der Waals surface area contributed by atoms with Gasteiger partial charge in [-0.05, 0) is 17.7 Å². The lowest BCUT2D eigenvalue weighted by atomic mass is 10.1. The summed E-state index contributed by atoms with van der Waals surface area (Å²) >= 11 is 0. The van der Waals surface area contributed by atoms with Crippen molar-refractivity contribution in [1.29, 1.82) is 0 Å². The van der Waals surface area contributed by atoms with Gasteiger partial charge >= 0.3 is 0 Å². The molecule has 0 saturated heterocycles. The van der Waals surface area contributed by atoms with Gasteiger partial charge in [0.2, 0.25) is 5.91 Å². The second kappa shape index (κ2) is 7.18. The number of nitrogens with zero attached hydrogens (tertiary/aromatic N) is 5. The van der Waals surface area contributed by atoms with Gasteiger partial charge < -0.3 is 10.2 Å². The van der Waals surface area contributed by atoms with Crippen molar-refractivity contribution in [3.63, 3.8) is 0 Å². The summed E-state index contributed by atoms with van der Waals surface area (Å²) in [4.78, 5) is 13.7. The maximum atomic E-state index is 13.5. The highest BCUT2D eigenvalue weighted by molar-refractivity contribution is 5.75. The van der Waals surface area contributed by atoms with E-state index in [1.54, 1.807) is 27.4 Å². The van der Waals surface area contributed by atoms with Crippen molar-refractivity contribution < 1.29 is 13.6 Å². The molecule has 7 nitrogen and oxygen atoms in total. The first kappa shape index (κ1) is 19.7. The Hall–Kier alpha value is -3.23. The zero-order valence-corrected chi connectivity index (χ0v) is 17.5. The molecule has 9 heteroatoms. The molecule has 1 fully saturated rings. The highest BCUT2D eigenvalue weighted by atomic mass is 19.3. The van der Waals surface area contributed by atoms with Crippen LogP contribution in [0.25, 0.3) is 11.1 Å². The number of hydrogen-bond acceptors (Lipinski definition) is 4. The summed E-state index contributed by atoms with van der Waals surface area (Å²) in [5, 5.41) is 12.2. The Balaban J connectivity index is 1.46. The van der Waals surface area contributed by atoms with Crippen LogP contribution >= 0.6 is 0 Å². The summed E-state index contributed by atoms with van der Waals surface area (Å²) in [6.07, 6.45) is 4.27. The van der Waals surface area contributed by atoms with E-state index in [4.69, 9.17) is 0 Å². The second-order valence-electron chi connectivity index (χ2n) is 8.42. The van der Waals surface area contributed by atoms with Gasteiger partial charge in [-0.25, -0.2) is 8.78 Å². The molecule has 1 aliphatic carbocycles. The molecule has 1 saturated carbocycles. The number of rotatable bonds is 5. The first-order valence-electron chi connectivity index (χ1n) is 10.4. The second-order valence-corrected chi connectivity index (χ2v) is 8.42. The number of fused-ring (bicyclic) bond motifs is 1. The fraction of sp³-hybridized carbons (Fsp3) is 0.409. The van der Waals surface area contributed by atoms with Crippen LogP contribution in [0.1, 0.15) is 24.6 Å². The van der Waals surface area contributed by atoms with Crippen LogP contribution in [0.3, 0.4) is 0 Å². The average Bonchev–Trinajstić information content (AvgIpc) is 3.05. The molecule has 1 aliphatic heterocycles. The zero-order valence-electron chi connectivity index (χ0n) is 17.5. The molecular formula is C22H24F2N6O. The van der Waals surface area contributed by atoms with Gasteiger partial charge in [-0.2, -0.15) is 10.2 Å². The zero-order chi connectivity index (χ0) is 21.8. The van der Waals surface area contributed by atoms with Gasteiger partial charge in [-0.1, -0.05) is 12.1 Å².